The highest BCUT2D eigenvalue weighted by Crippen LogP contribution is 2.24. The van der Waals surface area contributed by atoms with Gasteiger partial charge in [0.25, 0.3) is 5.91 Å². The molecular formula is C18H20FN3O3. The van der Waals surface area contributed by atoms with Gasteiger partial charge in [-0.3, -0.25) is 4.79 Å². The Morgan fingerprint density at radius 3 is 2.96 bits per heavy atom. The summed E-state index contributed by atoms with van der Waals surface area (Å²) in [6, 6.07) is 7.83. The maximum absolute atomic E-state index is 14.3. The number of anilines is 1. The minimum absolute atomic E-state index is 0.311. The van der Waals surface area contributed by atoms with Gasteiger partial charge < -0.3 is 20.1 Å². The molecule has 1 aliphatic heterocycles. The molecule has 1 atom stereocenters. The van der Waals surface area contributed by atoms with E-state index in [1.54, 1.807) is 24.3 Å². The highest BCUT2D eigenvalue weighted by Gasteiger charge is 2.19. The van der Waals surface area contributed by atoms with Crippen molar-refractivity contribution in [2.24, 2.45) is 0 Å². The fourth-order valence-corrected chi connectivity index (χ4v) is 2.58. The summed E-state index contributed by atoms with van der Waals surface area (Å²) in [6.45, 7) is 4.25. The molecule has 7 heteroatoms. The smallest absolute Gasteiger partial charge is 0.257 e. The summed E-state index contributed by atoms with van der Waals surface area (Å²) in [5.74, 6) is -0.315. The number of nitrogens with one attached hydrogen (secondary N) is 2. The molecule has 0 aliphatic carbocycles. The summed E-state index contributed by atoms with van der Waals surface area (Å²) < 4.78 is 25.1. The molecule has 0 unspecified atom stereocenters. The number of hydrogen-bond donors (Lipinski definition) is 2. The third kappa shape index (κ3) is 4.32. The molecule has 2 heterocycles. The molecule has 0 radical (unpaired) electrons. The highest BCUT2D eigenvalue weighted by molar-refractivity contribution is 6.04. The van der Waals surface area contributed by atoms with Crippen LogP contribution in [-0.4, -0.2) is 37.2 Å². The molecule has 1 aromatic carbocycles. The van der Waals surface area contributed by atoms with E-state index in [1.165, 1.54) is 12.3 Å². The van der Waals surface area contributed by atoms with Crippen molar-refractivity contribution < 1.29 is 18.7 Å². The fraction of sp³-hybridized carbons (Fsp3) is 0.333. The second kappa shape index (κ2) is 8.04. The lowest BCUT2D eigenvalue weighted by atomic mass is 10.1. The van der Waals surface area contributed by atoms with Gasteiger partial charge >= 0.3 is 0 Å². The van der Waals surface area contributed by atoms with Gasteiger partial charge in [-0.05, 0) is 25.1 Å². The fourth-order valence-electron chi connectivity index (χ4n) is 2.58. The van der Waals surface area contributed by atoms with Crippen LogP contribution in [0, 0.1) is 5.82 Å². The van der Waals surface area contributed by atoms with E-state index in [9.17, 15) is 9.18 Å². The Hall–Kier alpha value is -2.51. The SMILES string of the molecule is CCOc1ccc(C(=O)Nc2ccc([C@H]3CNCCO3)c(F)c2)cn1. The maximum Gasteiger partial charge on any atom is 0.257 e. The summed E-state index contributed by atoms with van der Waals surface area (Å²) in [6.07, 6.45) is 1.11. The van der Waals surface area contributed by atoms with Gasteiger partial charge in [0.15, 0.2) is 0 Å². The molecule has 2 N–H and O–H groups in total. The van der Waals surface area contributed by atoms with E-state index >= 15 is 0 Å². The summed E-state index contributed by atoms with van der Waals surface area (Å²) in [5, 5.41) is 5.83. The molecule has 6 nitrogen and oxygen atoms in total. The third-order valence-corrected chi connectivity index (χ3v) is 3.82. The van der Waals surface area contributed by atoms with Crippen LogP contribution in [-0.2, 0) is 4.74 Å². The standard InChI is InChI=1S/C18H20FN3O3/c1-2-24-17-6-3-12(10-21-17)18(23)22-13-4-5-14(15(19)9-13)16-11-20-7-8-25-16/h3-6,9-10,16,20H,2,7-8,11H2,1H3,(H,22,23)/t16-/m1/s1. The number of carbonyl (C=O) groups excluding carboxylic acids is 1. The molecule has 132 valence electrons. The van der Waals surface area contributed by atoms with E-state index < -0.39 is 5.82 Å². The second-order valence-electron chi connectivity index (χ2n) is 5.57. The van der Waals surface area contributed by atoms with Crippen LogP contribution in [0.2, 0.25) is 0 Å². The monoisotopic (exact) mass is 345 g/mol. The average molecular weight is 345 g/mol. The zero-order chi connectivity index (χ0) is 17.6. The first-order valence-corrected chi connectivity index (χ1v) is 8.19. The van der Waals surface area contributed by atoms with Crippen molar-refractivity contribution in [2.75, 3.05) is 31.6 Å². The number of rotatable bonds is 5. The predicted octanol–water partition coefficient (Wildman–Crippen LogP) is 2.53. The zero-order valence-corrected chi connectivity index (χ0v) is 13.9. The Bertz CT molecular complexity index is 731. The van der Waals surface area contributed by atoms with Gasteiger partial charge in [-0.2, -0.15) is 0 Å². The minimum Gasteiger partial charge on any atom is -0.478 e. The first-order valence-electron chi connectivity index (χ1n) is 8.19. The lowest BCUT2D eigenvalue weighted by Gasteiger charge is -2.24. The van der Waals surface area contributed by atoms with Crippen LogP contribution >= 0.6 is 0 Å². The molecule has 25 heavy (non-hydrogen) atoms. The lowest BCUT2D eigenvalue weighted by Crippen LogP contribution is -2.33. The Balaban J connectivity index is 1.67. The number of aromatic nitrogens is 1. The highest BCUT2D eigenvalue weighted by atomic mass is 19.1. The summed E-state index contributed by atoms with van der Waals surface area (Å²) in [5.41, 5.74) is 1.23. The molecule has 1 fully saturated rings. The van der Waals surface area contributed by atoms with Gasteiger partial charge in [0.2, 0.25) is 5.88 Å². The minimum atomic E-state index is -0.406. The van der Waals surface area contributed by atoms with E-state index in [-0.39, 0.29) is 12.0 Å². The molecule has 0 bridgehead atoms. The van der Waals surface area contributed by atoms with Crippen LogP contribution in [0.5, 0.6) is 5.88 Å². The Kier molecular flexibility index (Phi) is 5.57. The van der Waals surface area contributed by atoms with Crippen LogP contribution in [0.15, 0.2) is 36.5 Å². The Morgan fingerprint density at radius 1 is 1.44 bits per heavy atom. The van der Waals surface area contributed by atoms with Gasteiger partial charge in [0, 0.05) is 36.6 Å². The molecule has 1 saturated heterocycles. The van der Waals surface area contributed by atoms with Gasteiger partial charge in [-0.1, -0.05) is 6.07 Å². The van der Waals surface area contributed by atoms with E-state index in [2.05, 4.69) is 15.6 Å². The van der Waals surface area contributed by atoms with Crippen molar-refractivity contribution in [3.63, 3.8) is 0 Å². The number of amides is 1. The van der Waals surface area contributed by atoms with Gasteiger partial charge in [-0.15, -0.1) is 0 Å². The summed E-state index contributed by atoms with van der Waals surface area (Å²) >= 11 is 0. The number of ether oxygens (including phenoxy) is 2. The van der Waals surface area contributed by atoms with Gasteiger partial charge in [0.05, 0.1) is 24.9 Å². The number of benzene rings is 1. The lowest BCUT2D eigenvalue weighted by molar-refractivity contribution is 0.0255. The second-order valence-corrected chi connectivity index (χ2v) is 5.57. The molecular weight excluding hydrogens is 325 g/mol. The van der Waals surface area contributed by atoms with Crippen LogP contribution in [0.3, 0.4) is 0 Å². The first-order chi connectivity index (χ1) is 12.2. The maximum atomic E-state index is 14.3. The van der Waals surface area contributed by atoms with E-state index in [0.717, 1.165) is 6.54 Å². The Morgan fingerprint density at radius 2 is 2.32 bits per heavy atom. The molecule has 2 aromatic rings. The number of carbonyl (C=O) groups is 1. The number of halogens is 1. The van der Waals surface area contributed by atoms with Crippen LogP contribution in [0.4, 0.5) is 10.1 Å². The van der Waals surface area contributed by atoms with Crippen LogP contribution < -0.4 is 15.4 Å². The molecule has 1 aromatic heterocycles. The molecule has 1 aliphatic rings. The van der Waals surface area contributed by atoms with Crippen molar-refractivity contribution in [2.45, 2.75) is 13.0 Å². The van der Waals surface area contributed by atoms with E-state index in [4.69, 9.17) is 9.47 Å². The number of hydrogen-bond acceptors (Lipinski definition) is 5. The van der Waals surface area contributed by atoms with Gasteiger partial charge in [0.1, 0.15) is 5.82 Å². The number of morpholine rings is 1. The van der Waals surface area contributed by atoms with E-state index in [0.29, 0.717) is 42.5 Å². The van der Waals surface area contributed by atoms with Crippen molar-refractivity contribution in [1.82, 2.24) is 10.3 Å². The van der Waals surface area contributed by atoms with Crippen LogP contribution in [0.1, 0.15) is 28.9 Å². The van der Waals surface area contributed by atoms with Crippen molar-refractivity contribution >= 4 is 11.6 Å². The largest absolute Gasteiger partial charge is 0.478 e. The van der Waals surface area contributed by atoms with Crippen molar-refractivity contribution in [3.05, 3.63) is 53.5 Å². The molecule has 1 amide bonds. The van der Waals surface area contributed by atoms with Crippen molar-refractivity contribution in [3.8, 4) is 5.88 Å². The number of nitrogens with zero attached hydrogens (tertiary/aromatic N) is 1. The predicted molar refractivity (Wildman–Crippen MR) is 91.3 cm³/mol. The summed E-state index contributed by atoms with van der Waals surface area (Å²) in [4.78, 5) is 16.3. The summed E-state index contributed by atoms with van der Waals surface area (Å²) in [7, 11) is 0. The average Bonchev–Trinajstić information content (AvgIpc) is 2.63. The quantitative estimate of drug-likeness (QED) is 0.871. The molecule has 0 spiro atoms. The Labute approximate surface area is 145 Å². The third-order valence-electron chi connectivity index (χ3n) is 3.82. The zero-order valence-electron chi connectivity index (χ0n) is 13.9. The first kappa shape index (κ1) is 17.3. The van der Waals surface area contributed by atoms with Gasteiger partial charge in [-0.25, -0.2) is 9.37 Å². The number of pyridine rings is 1. The van der Waals surface area contributed by atoms with Crippen molar-refractivity contribution in [1.29, 1.82) is 0 Å². The van der Waals surface area contributed by atoms with Crippen LogP contribution in [0.25, 0.3) is 0 Å². The van der Waals surface area contributed by atoms with E-state index in [1.807, 2.05) is 6.92 Å². The molecule has 3 rings (SSSR count). The normalized spacial score (nSPS) is 17.1. The topological polar surface area (TPSA) is 72.5 Å². The molecule has 0 saturated carbocycles.